The lowest BCUT2D eigenvalue weighted by atomic mass is 10.0. The minimum atomic E-state index is -1.39. The summed E-state index contributed by atoms with van der Waals surface area (Å²) < 4.78 is 12.2. The van der Waals surface area contributed by atoms with Gasteiger partial charge < -0.3 is 19.7 Å². The van der Waals surface area contributed by atoms with Crippen molar-refractivity contribution in [2.75, 3.05) is 5.88 Å². The number of halogens is 3. The second kappa shape index (κ2) is 11.2. The Balaban J connectivity index is 0. The van der Waals surface area contributed by atoms with Gasteiger partial charge in [0.15, 0.2) is 10.8 Å². The number of hydrogen-bond donors (Lipinski definition) is 2. The van der Waals surface area contributed by atoms with Crippen molar-refractivity contribution in [3.8, 4) is 0 Å². The lowest BCUT2D eigenvalue weighted by Crippen LogP contribution is -2.26. The Morgan fingerprint density at radius 3 is 1.88 bits per heavy atom. The first kappa shape index (κ1) is 24.9. The minimum absolute atomic E-state index is 0. The quantitative estimate of drug-likeness (QED) is 0.716. The molecule has 134 valence electrons. The van der Waals surface area contributed by atoms with E-state index in [4.69, 9.17) is 10.2 Å². The van der Waals surface area contributed by atoms with Gasteiger partial charge in [-0.25, -0.2) is 9.59 Å². The highest BCUT2D eigenvalue weighted by atomic mass is 35.5. The maximum Gasteiger partial charge on any atom is 0.333 e. The molecule has 10 heteroatoms. The van der Waals surface area contributed by atoms with Crippen molar-refractivity contribution < 1.29 is 24.4 Å². The Morgan fingerprint density at radius 2 is 1.46 bits per heavy atom. The molecule has 24 heavy (non-hydrogen) atoms. The molecule has 1 atom stereocenters. The summed E-state index contributed by atoms with van der Waals surface area (Å²) >= 11 is -1.39. The SMILES string of the molecule is Cl.Cl.Cl.O=C(O)C1=CN(C[S+]([O-])c2ccccc2)C=C(C(=O)O)C1. The average molecular weight is 417 g/mol. The maximum absolute atomic E-state index is 12.2. The third-order valence-electron chi connectivity index (χ3n) is 2.85. The van der Waals surface area contributed by atoms with E-state index in [1.807, 2.05) is 0 Å². The summed E-state index contributed by atoms with van der Waals surface area (Å²) in [4.78, 5) is 24.0. The summed E-state index contributed by atoms with van der Waals surface area (Å²) in [6.45, 7) is 0. The monoisotopic (exact) mass is 415 g/mol. The fraction of sp³-hybridized carbons (Fsp3) is 0.143. The second-order valence-corrected chi connectivity index (χ2v) is 5.82. The predicted octanol–water partition coefficient (Wildman–Crippen LogP) is 2.66. The first-order valence-electron chi connectivity index (χ1n) is 6.04. The topological polar surface area (TPSA) is 101 Å². The number of nitrogens with zero attached hydrogens (tertiary/aromatic N) is 1. The second-order valence-electron chi connectivity index (χ2n) is 4.40. The summed E-state index contributed by atoms with van der Waals surface area (Å²) in [6, 6.07) is 8.70. The fourth-order valence-corrected chi connectivity index (χ4v) is 2.88. The van der Waals surface area contributed by atoms with E-state index in [9.17, 15) is 14.1 Å². The molecule has 0 spiro atoms. The molecule has 0 aliphatic carbocycles. The zero-order chi connectivity index (χ0) is 15.4. The number of carbonyl (C=O) groups is 2. The highest BCUT2D eigenvalue weighted by molar-refractivity contribution is 7.91. The Bertz CT molecular complexity index is 594. The van der Waals surface area contributed by atoms with Crippen LogP contribution in [0.3, 0.4) is 0 Å². The van der Waals surface area contributed by atoms with Gasteiger partial charge in [0.2, 0.25) is 0 Å². The van der Waals surface area contributed by atoms with E-state index < -0.39 is 23.1 Å². The third kappa shape index (κ3) is 6.62. The van der Waals surface area contributed by atoms with Crippen molar-refractivity contribution in [2.45, 2.75) is 11.3 Å². The number of benzene rings is 1. The maximum atomic E-state index is 12.2. The zero-order valence-corrected chi connectivity index (χ0v) is 15.4. The molecule has 1 aliphatic heterocycles. The smallest absolute Gasteiger partial charge is 0.333 e. The molecule has 6 nitrogen and oxygen atoms in total. The van der Waals surface area contributed by atoms with E-state index in [-0.39, 0.29) is 60.7 Å². The van der Waals surface area contributed by atoms with E-state index in [1.165, 1.54) is 17.3 Å². The number of aliphatic carboxylic acids is 2. The number of rotatable bonds is 5. The van der Waals surface area contributed by atoms with Crippen LogP contribution in [-0.4, -0.2) is 37.5 Å². The third-order valence-corrected chi connectivity index (χ3v) is 4.18. The summed E-state index contributed by atoms with van der Waals surface area (Å²) in [6.07, 6.45) is 2.48. The largest absolute Gasteiger partial charge is 0.610 e. The molecule has 0 amide bonds. The summed E-state index contributed by atoms with van der Waals surface area (Å²) in [5.74, 6) is -2.37. The molecule has 0 radical (unpaired) electrons. The first-order chi connectivity index (χ1) is 9.97. The highest BCUT2D eigenvalue weighted by Gasteiger charge is 2.24. The van der Waals surface area contributed by atoms with Crippen molar-refractivity contribution >= 4 is 60.3 Å². The van der Waals surface area contributed by atoms with E-state index in [2.05, 4.69) is 0 Å². The molecular formula is C14H16Cl3NO5S. The number of carboxylic acids is 2. The van der Waals surface area contributed by atoms with Crippen LogP contribution in [0, 0.1) is 0 Å². The number of carboxylic acid groups (broad SMARTS) is 2. The molecule has 2 N–H and O–H groups in total. The van der Waals surface area contributed by atoms with Gasteiger partial charge in [0.25, 0.3) is 0 Å². The molecule has 1 unspecified atom stereocenters. The molecule has 1 heterocycles. The van der Waals surface area contributed by atoms with Crippen LogP contribution in [0.2, 0.25) is 0 Å². The minimum Gasteiger partial charge on any atom is -0.610 e. The molecule has 1 aliphatic rings. The normalized spacial score (nSPS) is 14.0. The van der Waals surface area contributed by atoms with E-state index in [0.29, 0.717) is 4.90 Å². The molecule has 0 saturated heterocycles. The van der Waals surface area contributed by atoms with Gasteiger partial charge in [-0.15, -0.1) is 37.2 Å². The van der Waals surface area contributed by atoms with Crippen LogP contribution in [0.4, 0.5) is 0 Å². The summed E-state index contributed by atoms with van der Waals surface area (Å²) in [5, 5.41) is 18.0. The molecule has 2 rings (SSSR count). The van der Waals surface area contributed by atoms with Crippen LogP contribution in [0.5, 0.6) is 0 Å². The van der Waals surface area contributed by atoms with Gasteiger partial charge in [-0.2, -0.15) is 0 Å². The van der Waals surface area contributed by atoms with E-state index in [0.717, 1.165) is 0 Å². The van der Waals surface area contributed by atoms with Crippen LogP contribution < -0.4 is 0 Å². The van der Waals surface area contributed by atoms with Gasteiger partial charge in [0, 0.05) is 30.0 Å². The molecule has 0 bridgehead atoms. The van der Waals surface area contributed by atoms with Gasteiger partial charge in [0.05, 0.1) is 11.1 Å². The van der Waals surface area contributed by atoms with Crippen molar-refractivity contribution in [1.82, 2.24) is 4.90 Å². The molecule has 0 aromatic heterocycles. The van der Waals surface area contributed by atoms with Crippen molar-refractivity contribution in [2.24, 2.45) is 0 Å². The van der Waals surface area contributed by atoms with Crippen LogP contribution in [-0.2, 0) is 20.8 Å². The first-order valence-corrected chi connectivity index (χ1v) is 7.36. The number of hydrogen-bond acceptors (Lipinski definition) is 4. The van der Waals surface area contributed by atoms with E-state index in [1.54, 1.807) is 30.3 Å². The van der Waals surface area contributed by atoms with Crippen molar-refractivity contribution in [1.29, 1.82) is 0 Å². The van der Waals surface area contributed by atoms with E-state index >= 15 is 0 Å². The van der Waals surface area contributed by atoms with Crippen LogP contribution in [0.1, 0.15) is 6.42 Å². The standard InChI is InChI=1S/C14H13NO5S.3ClH/c16-13(17)10-6-11(14(18)19)8-15(7-10)9-21(20)12-4-2-1-3-5-12;;;/h1-5,7-8H,6,9H2,(H,16,17)(H,18,19);3*1H. The lowest BCUT2D eigenvalue weighted by molar-refractivity contribution is -0.133. The Hall–Kier alpha value is -1.38. The van der Waals surface area contributed by atoms with Crippen LogP contribution in [0.25, 0.3) is 0 Å². The lowest BCUT2D eigenvalue weighted by Gasteiger charge is -2.23. The van der Waals surface area contributed by atoms with Crippen LogP contribution in [0.15, 0.2) is 58.8 Å². The molecule has 1 aromatic carbocycles. The highest BCUT2D eigenvalue weighted by Crippen LogP contribution is 2.21. The average Bonchev–Trinajstić information content (AvgIpc) is 2.47. The Labute approximate surface area is 160 Å². The summed E-state index contributed by atoms with van der Waals surface area (Å²) in [7, 11) is 0. The van der Waals surface area contributed by atoms with Gasteiger partial charge in [-0.05, 0) is 12.1 Å². The summed E-state index contributed by atoms with van der Waals surface area (Å²) in [5.41, 5.74) is -0.0834. The molecule has 1 aromatic rings. The van der Waals surface area contributed by atoms with Gasteiger partial charge in [0.1, 0.15) is 0 Å². The molecular weight excluding hydrogens is 401 g/mol. The van der Waals surface area contributed by atoms with Gasteiger partial charge >= 0.3 is 11.9 Å². The van der Waals surface area contributed by atoms with Crippen molar-refractivity contribution in [3.63, 3.8) is 0 Å². The van der Waals surface area contributed by atoms with Crippen LogP contribution >= 0.6 is 37.2 Å². The molecule has 0 fully saturated rings. The van der Waals surface area contributed by atoms with Gasteiger partial charge in [-0.1, -0.05) is 18.2 Å². The Morgan fingerprint density at radius 1 is 1.00 bits per heavy atom. The van der Waals surface area contributed by atoms with Crippen molar-refractivity contribution in [3.05, 3.63) is 53.9 Å². The molecule has 0 saturated carbocycles. The van der Waals surface area contributed by atoms with Gasteiger partial charge in [-0.3, -0.25) is 0 Å². The zero-order valence-electron chi connectivity index (χ0n) is 12.2. The fourth-order valence-electron chi connectivity index (χ4n) is 1.85. The Kier molecular flexibility index (Phi) is 11.6. The predicted molar refractivity (Wildman–Crippen MR) is 97.4 cm³/mol.